The molecule has 7 heteroatoms. The highest BCUT2D eigenvalue weighted by Crippen LogP contribution is 2.21. The molecule has 1 saturated heterocycles. The summed E-state index contributed by atoms with van der Waals surface area (Å²) >= 11 is 0. The predicted octanol–water partition coefficient (Wildman–Crippen LogP) is 3.09. The lowest BCUT2D eigenvalue weighted by Crippen LogP contribution is -2.45. The number of hydrogen-bond donors (Lipinski definition) is 1. The van der Waals surface area contributed by atoms with E-state index < -0.39 is 0 Å². The van der Waals surface area contributed by atoms with Crippen molar-refractivity contribution in [3.8, 4) is 11.4 Å². The van der Waals surface area contributed by atoms with Crippen molar-refractivity contribution in [1.82, 2.24) is 25.3 Å². The van der Waals surface area contributed by atoms with Crippen LogP contribution in [0.1, 0.15) is 42.1 Å². The summed E-state index contributed by atoms with van der Waals surface area (Å²) in [5, 5.41) is 7.64. The maximum atomic E-state index is 12.5. The zero-order chi connectivity index (χ0) is 19.3. The molecule has 2 aromatic heterocycles. The molecular formula is C21H23N5O2. The average molecular weight is 377 g/mol. The van der Waals surface area contributed by atoms with Gasteiger partial charge in [-0.1, -0.05) is 35.5 Å². The Kier molecular flexibility index (Phi) is 5.43. The predicted molar refractivity (Wildman–Crippen MR) is 104 cm³/mol. The van der Waals surface area contributed by atoms with Crippen molar-refractivity contribution < 1.29 is 9.32 Å². The molecule has 0 radical (unpaired) electrons. The zero-order valence-electron chi connectivity index (χ0n) is 15.8. The summed E-state index contributed by atoms with van der Waals surface area (Å²) in [7, 11) is 0. The number of hydrogen-bond acceptors (Lipinski definition) is 6. The molecule has 4 rings (SSSR count). The van der Waals surface area contributed by atoms with E-state index in [9.17, 15) is 4.79 Å². The summed E-state index contributed by atoms with van der Waals surface area (Å²) < 4.78 is 5.44. The lowest BCUT2D eigenvalue weighted by molar-refractivity contribution is 0.0700. The minimum Gasteiger partial charge on any atom is -0.338 e. The molecule has 0 saturated carbocycles. The molecule has 28 heavy (non-hydrogen) atoms. The molecule has 3 heterocycles. The topological polar surface area (TPSA) is 84.2 Å². The Hall–Kier alpha value is -3.06. The van der Waals surface area contributed by atoms with Gasteiger partial charge in [-0.3, -0.25) is 9.78 Å². The third-order valence-electron chi connectivity index (χ3n) is 5.02. The van der Waals surface area contributed by atoms with E-state index in [-0.39, 0.29) is 11.9 Å². The first kappa shape index (κ1) is 18.3. The number of amides is 1. The third-order valence-corrected chi connectivity index (χ3v) is 5.02. The SMILES string of the molecule is CC(NC1CCN(C(=O)c2cccnc2)CC1)c1nc(-c2ccccc2)no1. The number of carbonyl (C=O) groups excluding carboxylic acids is 1. The normalized spacial score (nSPS) is 16.1. The van der Waals surface area contributed by atoms with Crippen LogP contribution in [0.2, 0.25) is 0 Å². The Bertz CT molecular complexity index is 905. The van der Waals surface area contributed by atoms with Gasteiger partial charge in [0.05, 0.1) is 11.6 Å². The second kappa shape index (κ2) is 8.31. The number of piperidine rings is 1. The number of benzene rings is 1. The van der Waals surface area contributed by atoms with Gasteiger partial charge in [-0.2, -0.15) is 4.98 Å². The van der Waals surface area contributed by atoms with E-state index in [4.69, 9.17) is 4.52 Å². The van der Waals surface area contributed by atoms with E-state index in [1.54, 1.807) is 18.5 Å². The van der Waals surface area contributed by atoms with Crippen LogP contribution in [0.4, 0.5) is 0 Å². The largest absolute Gasteiger partial charge is 0.338 e. The molecule has 1 aliphatic heterocycles. The van der Waals surface area contributed by atoms with Gasteiger partial charge in [-0.15, -0.1) is 0 Å². The number of aromatic nitrogens is 3. The first-order chi connectivity index (χ1) is 13.7. The fraction of sp³-hybridized carbons (Fsp3) is 0.333. The highest BCUT2D eigenvalue weighted by Gasteiger charge is 2.26. The molecule has 0 bridgehead atoms. The van der Waals surface area contributed by atoms with Crippen LogP contribution < -0.4 is 5.32 Å². The second-order valence-corrected chi connectivity index (χ2v) is 7.02. The smallest absolute Gasteiger partial charge is 0.255 e. The minimum atomic E-state index is -0.0458. The molecule has 1 fully saturated rings. The Morgan fingerprint density at radius 1 is 1.18 bits per heavy atom. The molecule has 1 atom stereocenters. The van der Waals surface area contributed by atoms with Crippen molar-refractivity contribution in [2.24, 2.45) is 0 Å². The summed E-state index contributed by atoms with van der Waals surface area (Å²) in [6.07, 6.45) is 5.07. The number of likely N-dealkylation sites (tertiary alicyclic amines) is 1. The van der Waals surface area contributed by atoms with E-state index in [1.807, 2.05) is 48.2 Å². The lowest BCUT2D eigenvalue weighted by Gasteiger charge is -2.33. The van der Waals surface area contributed by atoms with Crippen molar-refractivity contribution in [1.29, 1.82) is 0 Å². The molecule has 1 aliphatic rings. The highest BCUT2D eigenvalue weighted by molar-refractivity contribution is 5.93. The van der Waals surface area contributed by atoms with Crippen LogP contribution in [0.15, 0.2) is 59.4 Å². The monoisotopic (exact) mass is 377 g/mol. The Balaban J connectivity index is 1.31. The van der Waals surface area contributed by atoms with Gasteiger partial charge in [0.1, 0.15) is 0 Å². The van der Waals surface area contributed by atoms with Gasteiger partial charge < -0.3 is 14.7 Å². The number of pyridine rings is 1. The van der Waals surface area contributed by atoms with Gasteiger partial charge >= 0.3 is 0 Å². The third kappa shape index (κ3) is 4.09. The summed E-state index contributed by atoms with van der Waals surface area (Å²) in [5.74, 6) is 1.22. The van der Waals surface area contributed by atoms with Crippen molar-refractivity contribution in [2.75, 3.05) is 13.1 Å². The fourth-order valence-electron chi connectivity index (χ4n) is 3.46. The molecule has 1 unspecified atom stereocenters. The molecule has 3 aromatic rings. The average Bonchev–Trinajstić information content (AvgIpc) is 3.26. The first-order valence-electron chi connectivity index (χ1n) is 9.55. The van der Waals surface area contributed by atoms with Crippen LogP contribution in [-0.4, -0.2) is 45.1 Å². The fourth-order valence-corrected chi connectivity index (χ4v) is 3.46. The van der Waals surface area contributed by atoms with Gasteiger partial charge in [-0.05, 0) is 31.9 Å². The standard InChI is InChI=1S/C21H23N5O2/c1-15(20-24-19(25-28-20)16-6-3-2-4-7-16)23-18-9-12-26(13-10-18)21(27)17-8-5-11-22-14-17/h2-8,11,14-15,18,23H,9-10,12-13H2,1H3. The van der Waals surface area contributed by atoms with Crippen molar-refractivity contribution >= 4 is 5.91 Å². The quantitative estimate of drug-likeness (QED) is 0.736. The van der Waals surface area contributed by atoms with Crippen LogP contribution in [0, 0.1) is 0 Å². The maximum absolute atomic E-state index is 12.5. The van der Waals surface area contributed by atoms with Crippen LogP contribution >= 0.6 is 0 Å². The molecule has 1 amide bonds. The van der Waals surface area contributed by atoms with Gasteiger partial charge in [0.2, 0.25) is 11.7 Å². The van der Waals surface area contributed by atoms with Crippen LogP contribution in [-0.2, 0) is 0 Å². The molecule has 0 aliphatic carbocycles. The number of carbonyl (C=O) groups is 1. The zero-order valence-corrected chi connectivity index (χ0v) is 15.8. The Labute approximate surface area is 163 Å². The molecule has 0 spiro atoms. The molecule has 144 valence electrons. The van der Waals surface area contributed by atoms with Crippen molar-refractivity contribution in [3.63, 3.8) is 0 Å². The van der Waals surface area contributed by atoms with Gasteiger partial charge in [0.15, 0.2) is 0 Å². The van der Waals surface area contributed by atoms with Gasteiger partial charge in [0, 0.05) is 37.1 Å². The molecule has 7 nitrogen and oxygen atoms in total. The van der Waals surface area contributed by atoms with Crippen molar-refractivity contribution in [2.45, 2.75) is 31.8 Å². The van der Waals surface area contributed by atoms with E-state index >= 15 is 0 Å². The maximum Gasteiger partial charge on any atom is 0.255 e. The van der Waals surface area contributed by atoms with E-state index in [0.717, 1.165) is 31.5 Å². The minimum absolute atomic E-state index is 0.0454. The van der Waals surface area contributed by atoms with E-state index in [1.165, 1.54) is 0 Å². The van der Waals surface area contributed by atoms with E-state index in [0.29, 0.717) is 23.3 Å². The van der Waals surface area contributed by atoms with E-state index in [2.05, 4.69) is 20.4 Å². The Morgan fingerprint density at radius 2 is 1.96 bits per heavy atom. The lowest BCUT2D eigenvalue weighted by atomic mass is 10.0. The molecule has 1 aromatic carbocycles. The van der Waals surface area contributed by atoms with Crippen LogP contribution in [0.5, 0.6) is 0 Å². The summed E-state index contributed by atoms with van der Waals surface area (Å²) in [4.78, 5) is 23.0. The Morgan fingerprint density at radius 3 is 2.68 bits per heavy atom. The van der Waals surface area contributed by atoms with Gasteiger partial charge in [-0.25, -0.2) is 0 Å². The van der Waals surface area contributed by atoms with Gasteiger partial charge in [0.25, 0.3) is 5.91 Å². The molecule has 1 N–H and O–H groups in total. The second-order valence-electron chi connectivity index (χ2n) is 7.02. The molecular weight excluding hydrogens is 354 g/mol. The summed E-state index contributed by atoms with van der Waals surface area (Å²) in [5.41, 5.74) is 1.58. The first-order valence-corrected chi connectivity index (χ1v) is 9.55. The summed E-state index contributed by atoms with van der Waals surface area (Å²) in [6, 6.07) is 13.6. The van der Waals surface area contributed by atoms with Crippen LogP contribution in [0.3, 0.4) is 0 Å². The highest BCUT2D eigenvalue weighted by atomic mass is 16.5. The number of nitrogens with zero attached hydrogens (tertiary/aromatic N) is 4. The number of rotatable bonds is 5. The summed E-state index contributed by atoms with van der Waals surface area (Å²) in [6.45, 7) is 3.46. The van der Waals surface area contributed by atoms with Crippen LogP contribution in [0.25, 0.3) is 11.4 Å². The van der Waals surface area contributed by atoms with Crippen molar-refractivity contribution in [3.05, 3.63) is 66.3 Å². The number of nitrogens with one attached hydrogen (secondary N) is 1.